The summed E-state index contributed by atoms with van der Waals surface area (Å²) in [6.07, 6.45) is -7.10. The molecule has 0 aromatic heterocycles. The molecule has 19 heteroatoms. The summed E-state index contributed by atoms with van der Waals surface area (Å²) in [5.74, 6) is 0. The highest BCUT2D eigenvalue weighted by Gasteiger charge is 2.47. The maximum Gasteiger partial charge on any atom is 0.472 e. The average Bonchev–Trinajstić information content (AvgIpc) is 3.21. The molecule has 9 atom stereocenters. The smallest absolute Gasteiger partial charge is 0.388 e. The Morgan fingerprint density at radius 3 is 2.09 bits per heavy atom. The number of aliphatic hydroxyl groups is 1. The van der Waals surface area contributed by atoms with Gasteiger partial charge >= 0.3 is 23.5 Å². The molecule has 204 valence electrons. The van der Waals surface area contributed by atoms with E-state index in [1.54, 1.807) is 13.8 Å². The molecule has 2 radical (unpaired) electrons. The molecule has 0 aromatic carbocycles. The molecule has 9 unspecified atom stereocenters. The Morgan fingerprint density at radius 2 is 1.51 bits per heavy atom. The number of aliphatic hydroxyl groups excluding tert-OH is 1. The minimum atomic E-state index is -5.01. The van der Waals surface area contributed by atoms with Crippen LogP contribution < -0.4 is 0 Å². The van der Waals surface area contributed by atoms with Gasteiger partial charge in [-0.15, -0.1) is 0 Å². The Hall–Kier alpha value is 0.275. The standard InChI is InChI=1S/C16H32BO15P3/c1-4-10(5-2)30-34(22,23)26-7-12-11(6-14(17)29-12)31-35(24,25)27-8-13-16(32-33(19,20)21)15(18)9(3)28-13/h9-16,18H,4-8H2,1-3H3,(H,22,23)(H,24,25)(H2,19,20,21). The number of phosphoric ester groups is 3. The molecule has 15 nitrogen and oxygen atoms in total. The molecule has 35 heavy (non-hydrogen) atoms. The molecule has 0 aromatic rings. The van der Waals surface area contributed by atoms with Crippen molar-refractivity contribution in [1.82, 2.24) is 0 Å². The first-order chi connectivity index (χ1) is 16.1. The molecule has 0 saturated carbocycles. The van der Waals surface area contributed by atoms with Gasteiger partial charge in [0.1, 0.15) is 32.3 Å². The molecule has 2 fully saturated rings. The van der Waals surface area contributed by atoms with Crippen molar-refractivity contribution in [2.45, 2.75) is 88.8 Å². The summed E-state index contributed by atoms with van der Waals surface area (Å²) in [7, 11) is -8.59. The van der Waals surface area contributed by atoms with Crippen LogP contribution in [0.15, 0.2) is 0 Å². The fourth-order valence-electron chi connectivity index (χ4n) is 3.54. The van der Waals surface area contributed by atoms with E-state index in [-0.39, 0.29) is 6.42 Å². The monoisotopic (exact) mass is 568 g/mol. The maximum atomic E-state index is 12.5. The molecule has 0 amide bonds. The van der Waals surface area contributed by atoms with Gasteiger partial charge in [-0.05, 0) is 26.2 Å². The van der Waals surface area contributed by atoms with E-state index in [1.807, 2.05) is 0 Å². The summed E-state index contributed by atoms with van der Waals surface area (Å²) < 4.78 is 70.9. The largest absolute Gasteiger partial charge is 0.472 e. The van der Waals surface area contributed by atoms with Crippen molar-refractivity contribution in [2.75, 3.05) is 13.2 Å². The van der Waals surface area contributed by atoms with Gasteiger partial charge in [-0.25, -0.2) is 13.7 Å². The lowest BCUT2D eigenvalue weighted by Crippen LogP contribution is -2.36. The van der Waals surface area contributed by atoms with Gasteiger partial charge in [-0.2, -0.15) is 0 Å². The summed E-state index contributed by atoms with van der Waals surface area (Å²) in [5, 5.41) is 10.0. The van der Waals surface area contributed by atoms with Crippen molar-refractivity contribution >= 4 is 31.3 Å². The first kappa shape index (κ1) is 31.5. The normalized spacial score (nSPS) is 35.3. The number of phosphoric acid groups is 3. The Labute approximate surface area is 204 Å². The molecule has 0 spiro atoms. The lowest BCUT2D eigenvalue weighted by Gasteiger charge is -2.25. The first-order valence-corrected chi connectivity index (χ1v) is 15.4. The fourth-order valence-corrected chi connectivity index (χ4v) is 6.15. The van der Waals surface area contributed by atoms with E-state index < -0.39 is 85.4 Å². The summed E-state index contributed by atoms with van der Waals surface area (Å²) in [4.78, 5) is 38.1. The molecule has 0 aliphatic carbocycles. The van der Waals surface area contributed by atoms with Crippen molar-refractivity contribution in [2.24, 2.45) is 0 Å². The second kappa shape index (κ2) is 12.9. The van der Waals surface area contributed by atoms with Gasteiger partial charge in [0.2, 0.25) is 0 Å². The first-order valence-electron chi connectivity index (χ1n) is 10.9. The van der Waals surface area contributed by atoms with E-state index in [2.05, 4.69) is 4.52 Å². The molecule has 2 rings (SSSR count). The molecular weight excluding hydrogens is 536 g/mol. The quantitative estimate of drug-likeness (QED) is 0.144. The maximum absolute atomic E-state index is 12.5. The van der Waals surface area contributed by atoms with Crippen LogP contribution in [0.4, 0.5) is 0 Å². The molecule has 2 aliphatic rings. The lowest BCUT2D eigenvalue weighted by atomic mass is 9.96. The Balaban J connectivity index is 1.95. The van der Waals surface area contributed by atoms with E-state index in [1.165, 1.54) is 6.92 Å². The summed E-state index contributed by atoms with van der Waals surface area (Å²) in [6.45, 7) is 3.68. The highest BCUT2D eigenvalue weighted by atomic mass is 31.2. The Bertz CT molecular complexity index is 822. The number of ether oxygens (including phenoxy) is 2. The van der Waals surface area contributed by atoms with Crippen LogP contribution in [0.25, 0.3) is 0 Å². The molecule has 2 saturated heterocycles. The van der Waals surface area contributed by atoms with Crippen molar-refractivity contribution in [1.29, 1.82) is 0 Å². The van der Waals surface area contributed by atoms with Crippen LogP contribution in [-0.2, 0) is 45.8 Å². The second-order valence-electron chi connectivity index (χ2n) is 8.10. The third-order valence-corrected chi connectivity index (χ3v) is 7.90. The van der Waals surface area contributed by atoms with Crippen LogP contribution in [0.1, 0.15) is 40.0 Å². The van der Waals surface area contributed by atoms with E-state index in [0.29, 0.717) is 12.8 Å². The topological polar surface area (TPSA) is 217 Å². The predicted octanol–water partition coefficient (Wildman–Crippen LogP) is 0.720. The Kier molecular flexibility index (Phi) is 11.6. The predicted molar refractivity (Wildman–Crippen MR) is 118 cm³/mol. The second-order valence-corrected chi connectivity index (χ2v) is 12.1. The molecular formula is C16H32BO15P3. The fraction of sp³-hybridized carbons (Fsp3) is 1.00. The van der Waals surface area contributed by atoms with Crippen LogP contribution in [0.5, 0.6) is 0 Å². The molecule has 5 N–H and O–H groups in total. The Morgan fingerprint density at radius 1 is 0.943 bits per heavy atom. The van der Waals surface area contributed by atoms with Crippen molar-refractivity contribution in [3.63, 3.8) is 0 Å². The number of hydrogen-bond acceptors (Lipinski definition) is 11. The molecule has 2 aliphatic heterocycles. The minimum Gasteiger partial charge on any atom is -0.388 e. The zero-order valence-electron chi connectivity index (χ0n) is 19.4. The van der Waals surface area contributed by atoms with Gasteiger partial charge in [0.15, 0.2) is 0 Å². The lowest BCUT2D eigenvalue weighted by molar-refractivity contribution is -0.0320. The van der Waals surface area contributed by atoms with Crippen molar-refractivity contribution < 1.29 is 70.5 Å². The zero-order valence-corrected chi connectivity index (χ0v) is 22.1. The van der Waals surface area contributed by atoms with Crippen LogP contribution in [0.2, 0.25) is 0 Å². The van der Waals surface area contributed by atoms with Crippen molar-refractivity contribution in [3.8, 4) is 0 Å². The van der Waals surface area contributed by atoms with Gasteiger partial charge < -0.3 is 34.2 Å². The van der Waals surface area contributed by atoms with E-state index in [4.69, 9.17) is 45.2 Å². The van der Waals surface area contributed by atoms with Gasteiger partial charge in [0.05, 0.1) is 31.5 Å². The van der Waals surface area contributed by atoms with Gasteiger partial charge in [0, 0.05) is 6.00 Å². The van der Waals surface area contributed by atoms with Gasteiger partial charge in [-0.1, -0.05) is 13.8 Å². The molecule has 2 heterocycles. The molecule has 0 bridgehead atoms. The van der Waals surface area contributed by atoms with Crippen LogP contribution in [0, 0.1) is 0 Å². The summed E-state index contributed by atoms with van der Waals surface area (Å²) in [5.41, 5.74) is 0. The zero-order chi connectivity index (χ0) is 26.6. The van der Waals surface area contributed by atoms with Crippen LogP contribution >= 0.6 is 23.5 Å². The highest BCUT2D eigenvalue weighted by Crippen LogP contribution is 2.50. The van der Waals surface area contributed by atoms with E-state index >= 15 is 0 Å². The van der Waals surface area contributed by atoms with Crippen molar-refractivity contribution in [3.05, 3.63) is 0 Å². The highest BCUT2D eigenvalue weighted by molar-refractivity contribution is 7.47. The summed E-state index contributed by atoms with van der Waals surface area (Å²) in [6, 6.07) is -0.929. The van der Waals surface area contributed by atoms with Crippen LogP contribution in [0.3, 0.4) is 0 Å². The van der Waals surface area contributed by atoms with Gasteiger partial charge in [0.25, 0.3) is 0 Å². The SMILES string of the molecule is [B]C1CC(OP(=O)(O)OCC2OC(C)C(O)C2OP(=O)(O)O)C(COP(=O)(O)OC(CC)CC)O1. The average molecular weight is 568 g/mol. The minimum absolute atomic E-state index is 0.0787. The number of hydrogen-bond donors (Lipinski definition) is 5. The van der Waals surface area contributed by atoms with Gasteiger partial charge in [-0.3, -0.25) is 22.6 Å². The third-order valence-electron chi connectivity index (χ3n) is 5.33. The van der Waals surface area contributed by atoms with Crippen LogP contribution in [-0.4, -0.2) is 94.5 Å². The third kappa shape index (κ3) is 10.2. The van der Waals surface area contributed by atoms with E-state index in [9.17, 15) is 28.6 Å². The summed E-state index contributed by atoms with van der Waals surface area (Å²) >= 11 is 0. The van der Waals surface area contributed by atoms with E-state index in [0.717, 1.165) is 0 Å². The number of rotatable bonds is 14.